The number of benzene rings is 1. The molecule has 0 aliphatic heterocycles. The topological polar surface area (TPSA) is 40.0 Å². The summed E-state index contributed by atoms with van der Waals surface area (Å²) in [6.45, 7) is 9.29. The second kappa shape index (κ2) is 14.0. The van der Waals surface area contributed by atoms with E-state index >= 15 is 0 Å². The lowest BCUT2D eigenvalue weighted by molar-refractivity contribution is 0.139. The SMILES string of the molecule is CC(C)=NOCCCCCCOc1c(F)cc(OCC=C(Br)Br)cc1C(C)C. The molecule has 0 heterocycles. The van der Waals surface area contributed by atoms with Crippen molar-refractivity contribution < 1.29 is 18.7 Å². The Morgan fingerprint density at radius 2 is 1.75 bits per heavy atom. The summed E-state index contributed by atoms with van der Waals surface area (Å²) in [5.41, 5.74) is 1.73. The second-order valence-electron chi connectivity index (χ2n) is 6.92. The monoisotopic (exact) mass is 521 g/mol. The molecule has 0 amide bonds. The maximum absolute atomic E-state index is 14.6. The quantitative estimate of drug-likeness (QED) is 0.155. The molecule has 158 valence electrons. The van der Waals surface area contributed by atoms with E-state index in [-0.39, 0.29) is 11.7 Å². The van der Waals surface area contributed by atoms with Crippen molar-refractivity contribution in [1.29, 1.82) is 0 Å². The highest BCUT2D eigenvalue weighted by Crippen LogP contribution is 2.34. The molecule has 1 aromatic rings. The number of unbranched alkanes of at least 4 members (excludes halogenated alkanes) is 3. The third-order valence-corrected chi connectivity index (χ3v) is 4.43. The first-order valence-corrected chi connectivity index (χ1v) is 11.1. The Bertz CT molecular complexity index is 655. The molecule has 0 N–H and O–H groups in total. The molecule has 1 aromatic carbocycles. The predicted molar refractivity (Wildman–Crippen MR) is 121 cm³/mol. The van der Waals surface area contributed by atoms with Crippen LogP contribution in [0.15, 0.2) is 26.8 Å². The van der Waals surface area contributed by atoms with E-state index in [0.717, 1.165) is 40.4 Å². The van der Waals surface area contributed by atoms with Crippen molar-refractivity contribution >= 4 is 37.6 Å². The Labute approximate surface area is 184 Å². The number of ether oxygens (including phenoxy) is 2. The van der Waals surface area contributed by atoms with Crippen molar-refractivity contribution in [1.82, 2.24) is 0 Å². The van der Waals surface area contributed by atoms with E-state index in [1.54, 1.807) is 6.08 Å². The molecule has 7 heteroatoms. The smallest absolute Gasteiger partial charge is 0.169 e. The molecule has 0 saturated carbocycles. The van der Waals surface area contributed by atoms with Gasteiger partial charge < -0.3 is 14.3 Å². The zero-order valence-electron chi connectivity index (χ0n) is 17.1. The Hall–Kier alpha value is -1.08. The van der Waals surface area contributed by atoms with Gasteiger partial charge in [-0.25, -0.2) is 4.39 Å². The fraction of sp³-hybridized carbons (Fsp3) is 0.571. The Kier molecular flexibility index (Phi) is 12.5. The molecule has 0 spiro atoms. The van der Waals surface area contributed by atoms with E-state index in [9.17, 15) is 4.39 Å². The highest BCUT2D eigenvalue weighted by atomic mass is 79.9. The molecule has 28 heavy (non-hydrogen) atoms. The van der Waals surface area contributed by atoms with E-state index in [1.807, 2.05) is 33.8 Å². The Balaban J connectivity index is 2.49. The van der Waals surface area contributed by atoms with Gasteiger partial charge in [-0.2, -0.15) is 0 Å². The highest BCUT2D eigenvalue weighted by molar-refractivity contribution is 9.28. The number of oxime groups is 1. The summed E-state index contributed by atoms with van der Waals surface area (Å²) < 4.78 is 26.7. The zero-order valence-corrected chi connectivity index (χ0v) is 20.2. The van der Waals surface area contributed by atoms with Crippen LogP contribution in [0.4, 0.5) is 4.39 Å². The number of rotatable bonds is 13. The summed E-state index contributed by atoms with van der Waals surface area (Å²) in [4.78, 5) is 5.17. The van der Waals surface area contributed by atoms with Crippen LogP contribution >= 0.6 is 31.9 Å². The molecular weight excluding hydrogens is 493 g/mol. The van der Waals surface area contributed by atoms with Gasteiger partial charge in [0.05, 0.1) is 15.7 Å². The minimum Gasteiger partial charge on any atom is -0.490 e. The first kappa shape index (κ1) is 25.0. The first-order valence-electron chi connectivity index (χ1n) is 9.54. The molecule has 0 atom stereocenters. The first-order chi connectivity index (χ1) is 13.3. The molecule has 1 rings (SSSR count). The average molecular weight is 523 g/mol. The van der Waals surface area contributed by atoms with E-state index in [0.29, 0.717) is 31.3 Å². The lowest BCUT2D eigenvalue weighted by atomic mass is 10.0. The standard InChI is InChI=1S/C21H30Br2FNO3/c1-15(2)18-13-17(26-12-9-20(22)23)14-19(24)21(18)27-10-7-5-6-8-11-28-25-16(3)4/h9,13-15H,5-8,10-12H2,1-4H3. The normalized spacial score (nSPS) is 10.6. The van der Waals surface area contributed by atoms with Crippen molar-refractivity contribution in [2.75, 3.05) is 19.8 Å². The molecule has 0 aliphatic rings. The fourth-order valence-electron chi connectivity index (χ4n) is 2.43. The van der Waals surface area contributed by atoms with Gasteiger partial charge in [0.15, 0.2) is 11.6 Å². The highest BCUT2D eigenvalue weighted by Gasteiger charge is 2.16. The molecule has 0 bridgehead atoms. The molecule has 0 aliphatic carbocycles. The lowest BCUT2D eigenvalue weighted by Gasteiger charge is -2.17. The minimum atomic E-state index is -0.385. The summed E-state index contributed by atoms with van der Waals surface area (Å²) in [5.74, 6) is 0.571. The van der Waals surface area contributed by atoms with E-state index < -0.39 is 0 Å². The summed E-state index contributed by atoms with van der Waals surface area (Å²) >= 11 is 6.53. The van der Waals surface area contributed by atoms with Gasteiger partial charge in [0.1, 0.15) is 19.0 Å². The van der Waals surface area contributed by atoms with Gasteiger partial charge in [-0.15, -0.1) is 0 Å². The summed E-state index contributed by atoms with van der Waals surface area (Å²) in [7, 11) is 0. The van der Waals surface area contributed by atoms with E-state index in [1.165, 1.54) is 6.07 Å². The fourth-order valence-corrected chi connectivity index (χ4v) is 2.69. The largest absolute Gasteiger partial charge is 0.490 e. The van der Waals surface area contributed by atoms with Crippen molar-refractivity contribution in [2.24, 2.45) is 5.16 Å². The molecular formula is C21H30Br2FNO3. The molecule has 4 nitrogen and oxygen atoms in total. The second-order valence-corrected chi connectivity index (χ2v) is 9.69. The average Bonchev–Trinajstić information content (AvgIpc) is 2.60. The van der Waals surface area contributed by atoms with Gasteiger partial charge in [-0.05, 0) is 89.5 Å². The van der Waals surface area contributed by atoms with Gasteiger partial charge in [0, 0.05) is 11.6 Å². The van der Waals surface area contributed by atoms with Crippen molar-refractivity contribution in [3.8, 4) is 11.5 Å². The van der Waals surface area contributed by atoms with Gasteiger partial charge in [0.25, 0.3) is 0 Å². The number of halogens is 3. The number of hydrogen-bond donors (Lipinski definition) is 0. The molecule has 0 unspecified atom stereocenters. The third-order valence-electron chi connectivity index (χ3n) is 3.78. The van der Waals surface area contributed by atoms with Gasteiger partial charge in [-0.1, -0.05) is 19.0 Å². The number of nitrogens with zero attached hydrogens (tertiary/aromatic N) is 1. The third kappa shape index (κ3) is 10.5. The van der Waals surface area contributed by atoms with Gasteiger partial charge in [0.2, 0.25) is 0 Å². The minimum absolute atomic E-state index is 0.131. The molecule has 0 aromatic heterocycles. The van der Waals surface area contributed by atoms with Crippen LogP contribution in [0.25, 0.3) is 0 Å². The van der Waals surface area contributed by atoms with Crippen LogP contribution in [0.5, 0.6) is 11.5 Å². The van der Waals surface area contributed by atoms with Crippen LogP contribution in [0, 0.1) is 5.82 Å². The number of hydrogen-bond acceptors (Lipinski definition) is 4. The maximum atomic E-state index is 14.6. The van der Waals surface area contributed by atoms with E-state index in [4.69, 9.17) is 14.3 Å². The van der Waals surface area contributed by atoms with Crippen LogP contribution in [0.2, 0.25) is 0 Å². The van der Waals surface area contributed by atoms with Crippen molar-refractivity contribution in [3.05, 3.63) is 33.0 Å². The summed E-state index contributed by atoms with van der Waals surface area (Å²) in [5, 5.41) is 3.90. The van der Waals surface area contributed by atoms with Crippen molar-refractivity contribution in [3.63, 3.8) is 0 Å². The van der Waals surface area contributed by atoms with Crippen LogP contribution in [0.3, 0.4) is 0 Å². The van der Waals surface area contributed by atoms with Crippen LogP contribution in [0.1, 0.15) is 64.9 Å². The molecule has 0 radical (unpaired) electrons. The van der Waals surface area contributed by atoms with Crippen molar-refractivity contribution in [2.45, 2.75) is 59.3 Å². The molecule has 0 fully saturated rings. The lowest BCUT2D eigenvalue weighted by Crippen LogP contribution is -2.05. The van der Waals surface area contributed by atoms with Crippen LogP contribution in [-0.4, -0.2) is 25.5 Å². The summed E-state index contributed by atoms with van der Waals surface area (Å²) in [6, 6.07) is 3.23. The predicted octanol–water partition coefficient (Wildman–Crippen LogP) is 7.31. The Morgan fingerprint density at radius 3 is 2.36 bits per heavy atom. The zero-order chi connectivity index (χ0) is 20.9. The Morgan fingerprint density at radius 1 is 1.07 bits per heavy atom. The molecule has 0 saturated heterocycles. The van der Waals surface area contributed by atoms with Gasteiger partial charge in [-0.3, -0.25) is 0 Å². The van der Waals surface area contributed by atoms with E-state index in [2.05, 4.69) is 37.0 Å². The van der Waals surface area contributed by atoms with Crippen LogP contribution < -0.4 is 9.47 Å². The summed E-state index contributed by atoms with van der Waals surface area (Å²) in [6.07, 6.45) is 5.66. The van der Waals surface area contributed by atoms with Crippen LogP contribution in [-0.2, 0) is 4.84 Å². The maximum Gasteiger partial charge on any atom is 0.169 e. The van der Waals surface area contributed by atoms with Gasteiger partial charge >= 0.3 is 0 Å².